The molecule has 4 rings (SSSR count). The van der Waals surface area contributed by atoms with Gasteiger partial charge in [0.1, 0.15) is 11.6 Å². The Kier molecular flexibility index (Phi) is 4.59. The molecule has 0 bridgehead atoms. The minimum Gasteiger partial charge on any atom is -0.467 e. The molecule has 4 heterocycles. The molecule has 0 aromatic carbocycles. The number of carbonyl (C=O) groups excluding carboxylic acids is 1. The van der Waals surface area contributed by atoms with Crippen molar-refractivity contribution in [1.29, 1.82) is 0 Å². The van der Waals surface area contributed by atoms with Crippen LogP contribution in [0.1, 0.15) is 46.0 Å². The maximum absolute atomic E-state index is 13.6. The Morgan fingerprint density at radius 1 is 1.41 bits per heavy atom. The molecule has 0 radical (unpaired) electrons. The Labute approximate surface area is 163 Å². The number of nitrogens with one attached hydrogen (secondary N) is 2. The van der Waals surface area contributed by atoms with Crippen LogP contribution in [0.3, 0.4) is 0 Å². The Balaban J connectivity index is 1.57. The molecule has 8 nitrogen and oxygen atoms in total. The number of anilines is 1. The first-order valence-electron chi connectivity index (χ1n) is 8.96. The summed E-state index contributed by atoms with van der Waals surface area (Å²) in [5.74, 6) is -0.0557. The van der Waals surface area contributed by atoms with Gasteiger partial charge in [-0.15, -0.1) is 0 Å². The van der Waals surface area contributed by atoms with Gasteiger partial charge in [-0.2, -0.15) is 23.4 Å². The number of rotatable bonds is 4. The number of hydrogen-bond donors (Lipinski definition) is 2. The summed E-state index contributed by atoms with van der Waals surface area (Å²) in [6, 6.07) is 2.01. The van der Waals surface area contributed by atoms with Crippen molar-refractivity contribution in [2.75, 3.05) is 5.32 Å². The van der Waals surface area contributed by atoms with E-state index < -0.39 is 24.2 Å². The fraction of sp³-hybridized carbons (Fsp3) is 0.389. The van der Waals surface area contributed by atoms with Crippen molar-refractivity contribution < 1.29 is 22.4 Å². The largest absolute Gasteiger partial charge is 0.467 e. The first-order valence-corrected chi connectivity index (χ1v) is 8.96. The number of aromatic nitrogens is 4. The van der Waals surface area contributed by atoms with Crippen LogP contribution in [-0.2, 0) is 13.6 Å². The van der Waals surface area contributed by atoms with Crippen LogP contribution in [0.25, 0.3) is 0 Å². The molecule has 1 aliphatic rings. The molecule has 1 aliphatic heterocycles. The third-order valence-electron chi connectivity index (χ3n) is 4.86. The Morgan fingerprint density at radius 3 is 2.83 bits per heavy atom. The van der Waals surface area contributed by atoms with E-state index in [0.717, 1.165) is 15.9 Å². The number of hydrogen-bond acceptors (Lipinski definition) is 5. The second-order valence-corrected chi connectivity index (χ2v) is 6.96. The van der Waals surface area contributed by atoms with Crippen LogP contribution < -0.4 is 10.6 Å². The van der Waals surface area contributed by atoms with Gasteiger partial charge in [-0.25, -0.2) is 4.68 Å². The monoisotopic (exact) mass is 408 g/mol. The van der Waals surface area contributed by atoms with Crippen LogP contribution in [0.15, 0.2) is 35.1 Å². The van der Waals surface area contributed by atoms with Crippen LogP contribution in [0.4, 0.5) is 19.0 Å². The number of nitrogens with zero attached hydrogens (tertiary/aromatic N) is 4. The number of halogens is 3. The van der Waals surface area contributed by atoms with Crippen molar-refractivity contribution in [3.8, 4) is 0 Å². The standard InChI is InChI=1S/C18H19F3N6O2/c1-10-11(9-26(2)24-10)8-22-17(28)13-7-16-23-12(14-4-3-5-29-14)6-15(18(19,20)21)27(16)25-13/h3-5,7,9,12,15,23H,6,8H2,1-2H3,(H,22,28)/t12-,15+/m1/s1. The summed E-state index contributed by atoms with van der Waals surface area (Å²) in [5, 5.41) is 13.8. The summed E-state index contributed by atoms with van der Waals surface area (Å²) in [6.07, 6.45) is -1.64. The Morgan fingerprint density at radius 2 is 2.21 bits per heavy atom. The van der Waals surface area contributed by atoms with Crippen molar-refractivity contribution in [3.05, 3.63) is 53.4 Å². The van der Waals surface area contributed by atoms with Crippen molar-refractivity contribution in [3.63, 3.8) is 0 Å². The molecule has 29 heavy (non-hydrogen) atoms. The van der Waals surface area contributed by atoms with Gasteiger partial charge in [-0.05, 0) is 19.1 Å². The normalized spacial score (nSPS) is 18.9. The molecule has 2 atom stereocenters. The quantitative estimate of drug-likeness (QED) is 0.692. The van der Waals surface area contributed by atoms with Gasteiger partial charge in [-0.3, -0.25) is 9.48 Å². The number of furan rings is 1. The zero-order chi connectivity index (χ0) is 20.8. The van der Waals surface area contributed by atoms with E-state index in [4.69, 9.17) is 4.42 Å². The summed E-state index contributed by atoms with van der Waals surface area (Å²) >= 11 is 0. The van der Waals surface area contributed by atoms with Gasteiger partial charge >= 0.3 is 6.18 Å². The SMILES string of the molecule is Cc1nn(C)cc1CNC(=O)c1cc2n(n1)[C@H](C(F)(F)F)C[C@H](c1ccco1)N2. The lowest BCUT2D eigenvalue weighted by Crippen LogP contribution is -2.35. The molecule has 0 saturated heterocycles. The average Bonchev–Trinajstić information content (AvgIpc) is 3.37. The van der Waals surface area contributed by atoms with Crippen molar-refractivity contribution in [1.82, 2.24) is 24.9 Å². The van der Waals surface area contributed by atoms with E-state index in [2.05, 4.69) is 20.8 Å². The summed E-state index contributed by atoms with van der Waals surface area (Å²) < 4.78 is 48.6. The smallest absolute Gasteiger partial charge is 0.410 e. The maximum Gasteiger partial charge on any atom is 0.410 e. The second kappa shape index (κ2) is 6.98. The highest BCUT2D eigenvalue weighted by Gasteiger charge is 2.47. The van der Waals surface area contributed by atoms with E-state index in [1.807, 2.05) is 6.92 Å². The van der Waals surface area contributed by atoms with E-state index in [1.54, 1.807) is 30.1 Å². The third kappa shape index (κ3) is 3.71. The number of alkyl halides is 3. The number of fused-ring (bicyclic) bond motifs is 1. The van der Waals surface area contributed by atoms with Crippen LogP contribution in [0, 0.1) is 6.92 Å². The van der Waals surface area contributed by atoms with E-state index in [1.165, 1.54) is 12.3 Å². The molecule has 11 heteroatoms. The number of carbonyl (C=O) groups is 1. The fourth-order valence-electron chi connectivity index (χ4n) is 3.45. The maximum atomic E-state index is 13.6. The third-order valence-corrected chi connectivity index (χ3v) is 4.86. The lowest BCUT2D eigenvalue weighted by molar-refractivity contribution is -0.174. The zero-order valence-corrected chi connectivity index (χ0v) is 15.7. The lowest BCUT2D eigenvalue weighted by atomic mass is 10.0. The summed E-state index contributed by atoms with van der Waals surface area (Å²) in [6.45, 7) is 2.01. The fourth-order valence-corrected chi connectivity index (χ4v) is 3.45. The van der Waals surface area contributed by atoms with E-state index in [9.17, 15) is 18.0 Å². The van der Waals surface area contributed by atoms with Crippen LogP contribution in [0.5, 0.6) is 0 Å². The van der Waals surface area contributed by atoms with Gasteiger partial charge < -0.3 is 15.1 Å². The zero-order valence-electron chi connectivity index (χ0n) is 15.7. The van der Waals surface area contributed by atoms with Gasteiger partial charge in [0.2, 0.25) is 0 Å². The molecule has 154 valence electrons. The topological polar surface area (TPSA) is 89.9 Å². The van der Waals surface area contributed by atoms with Crippen molar-refractivity contribution in [2.45, 2.75) is 38.1 Å². The molecule has 0 saturated carbocycles. The molecule has 3 aromatic heterocycles. The minimum atomic E-state index is -4.52. The molecule has 0 unspecified atom stereocenters. The first kappa shape index (κ1) is 19.1. The molecule has 0 spiro atoms. The van der Waals surface area contributed by atoms with Gasteiger partial charge in [0.15, 0.2) is 11.7 Å². The molecule has 0 fully saturated rings. The number of aryl methyl sites for hydroxylation is 2. The summed E-state index contributed by atoms with van der Waals surface area (Å²) in [7, 11) is 1.76. The van der Waals surface area contributed by atoms with Crippen molar-refractivity contribution >= 4 is 11.7 Å². The van der Waals surface area contributed by atoms with Gasteiger partial charge in [0.25, 0.3) is 5.91 Å². The predicted molar refractivity (Wildman–Crippen MR) is 96.1 cm³/mol. The van der Waals surface area contributed by atoms with Crippen LogP contribution in [-0.4, -0.2) is 31.6 Å². The molecule has 3 aromatic rings. The first-order chi connectivity index (χ1) is 13.7. The minimum absolute atomic E-state index is 0.0941. The Hall–Kier alpha value is -3.24. The predicted octanol–water partition coefficient (Wildman–Crippen LogP) is 3.11. The second-order valence-electron chi connectivity index (χ2n) is 6.96. The molecular weight excluding hydrogens is 389 g/mol. The average molecular weight is 408 g/mol. The van der Waals surface area contributed by atoms with Gasteiger partial charge in [0, 0.05) is 37.8 Å². The van der Waals surface area contributed by atoms with Gasteiger partial charge in [0.05, 0.1) is 18.0 Å². The number of amides is 1. The van der Waals surface area contributed by atoms with E-state index in [0.29, 0.717) is 5.76 Å². The highest BCUT2D eigenvalue weighted by molar-refractivity contribution is 5.93. The highest BCUT2D eigenvalue weighted by atomic mass is 19.4. The molecular formula is C18H19F3N6O2. The van der Waals surface area contributed by atoms with Crippen LogP contribution >= 0.6 is 0 Å². The molecule has 2 N–H and O–H groups in total. The highest BCUT2D eigenvalue weighted by Crippen LogP contribution is 2.43. The lowest BCUT2D eigenvalue weighted by Gasteiger charge is -2.32. The van der Waals surface area contributed by atoms with Crippen LogP contribution in [0.2, 0.25) is 0 Å². The van der Waals surface area contributed by atoms with E-state index in [-0.39, 0.29) is 24.5 Å². The van der Waals surface area contributed by atoms with Gasteiger partial charge in [-0.1, -0.05) is 0 Å². The molecule has 0 aliphatic carbocycles. The summed E-state index contributed by atoms with van der Waals surface area (Å²) in [4.78, 5) is 12.5. The van der Waals surface area contributed by atoms with E-state index >= 15 is 0 Å². The van der Waals surface area contributed by atoms with Crippen molar-refractivity contribution in [2.24, 2.45) is 7.05 Å². The Bertz CT molecular complexity index is 1020. The summed E-state index contributed by atoms with van der Waals surface area (Å²) in [5.41, 5.74) is 1.48. The molecule has 1 amide bonds.